The van der Waals surface area contributed by atoms with Crippen LogP contribution >= 0.6 is 11.6 Å². The Balaban J connectivity index is 1.53. The van der Waals surface area contributed by atoms with Crippen LogP contribution in [0.3, 0.4) is 0 Å². The van der Waals surface area contributed by atoms with Crippen LogP contribution in [0.1, 0.15) is 17.5 Å². The summed E-state index contributed by atoms with van der Waals surface area (Å²) in [5, 5.41) is -0.659. The number of likely N-dealkylation sites (tertiary alicyclic amines) is 1. The average Bonchev–Trinajstić information content (AvgIpc) is 3.23. The number of likely N-dealkylation sites (N-methyl/N-ethyl adjacent to an activating group) is 1. The molecule has 14 heteroatoms. The standard InChI is InChI=1S/C25H21ClF6N2O4S/c1-34-12-11-17(14-34)38-22-13-15(5-10-19(22)24(27,28)29)33-39(35,36)18-8-6-16(7-9-18)37-21-4-2-3-20(23(21)26)25(30,31)32/h2-10,13,17,33H,11-12,14H2,1H3. The van der Waals surface area contributed by atoms with E-state index in [9.17, 15) is 34.8 Å². The topological polar surface area (TPSA) is 67.9 Å². The van der Waals surface area contributed by atoms with Crippen LogP contribution in [0.25, 0.3) is 0 Å². The molecule has 39 heavy (non-hydrogen) atoms. The molecular formula is C25H21ClF6N2O4S. The fourth-order valence-corrected chi connectivity index (χ4v) is 5.25. The number of nitrogens with zero attached hydrogens (tertiary/aromatic N) is 1. The summed E-state index contributed by atoms with van der Waals surface area (Å²) >= 11 is 5.82. The number of benzene rings is 3. The van der Waals surface area contributed by atoms with Crippen molar-refractivity contribution >= 4 is 27.3 Å². The maximum Gasteiger partial charge on any atom is 0.419 e. The van der Waals surface area contributed by atoms with Gasteiger partial charge in [0.25, 0.3) is 10.0 Å². The van der Waals surface area contributed by atoms with Crippen molar-refractivity contribution in [3.8, 4) is 17.2 Å². The molecular weight excluding hydrogens is 574 g/mol. The number of sulfonamides is 1. The summed E-state index contributed by atoms with van der Waals surface area (Å²) in [6.45, 7) is 1.07. The molecule has 0 amide bonds. The van der Waals surface area contributed by atoms with Crippen molar-refractivity contribution in [1.82, 2.24) is 4.90 Å². The molecule has 1 N–H and O–H groups in total. The summed E-state index contributed by atoms with van der Waals surface area (Å²) in [7, 11) is -2.46. The summed E-state index contributed by atoms with van der Waals surface area (Å²) < 4.78 is 119. The lowest BCUT2D eigenvalue weighted by Gasteiger charge is -2.19. The van der Waals surface area contributed by atoms with Crippen LogP contribution in [0.4, 0.5) is 32.0 Å². The average molecular weight is 595 g/mol. The molecule has 1 aliphatic heterocycles. The Morgan fingerprint density at radius 3 is 2.18 bits per heavy atom. The number of nitrogens with one attached hydrogen (secondary N) is 1. The number of halogens is 7. The predicted molar refractivity (Wildman–Crippen MR) is 132 cm³/mol. The van der Waals surface area contributed by atoms with E-state index >= 15 is 0 Å². The maximum absolute atomic E-state index is 13.5. The molecule has 4 rings (SSSR count). The van der Waals surface area contributed by atoms with Crippen LogP contribution in [0.15, 0.2) is 65.6 Å². The molecule has 0 aliphatic carbocycles. The number of hydrogen-bond donors (Lipinski definition) is 1. The Kier molecular flexibility index (Phi) is 7.97. The minimum atomic E-state index is -4.71. The van der Waals surface area contributed by atoms with Crippen molar-refractivity contribution in [2.75, 3.05) is 24.9 Å². The van der Waals surface area contributed by atoms with Gasteiger partial charge in [0.05, 0.1) is 26.7 Å². The third kappa shape index (κ3) is 6.89. The molecule has 0 saturated carbocycles. The summed E-state index contributed by atoms with van der Waals surface area (Å²) in [4.78, 5) is 1.63. The van der Waals surface area contributed by atoms with Gasteiger partial charge in [0, 0.05) is 19.2 Å². The Bertz CT molecular complexity index is 1450. The first-order chi connectivity index (χ1) is 18.1. The van der Waals surface area contributed by atoms with Gasteiger partial charge in [-0.25, -0.2) is 8.42 Å². The maximum atomic E-state index is 13.5. The summed E-state index contributed by atoms with van der Waals surface area (Å²) in [6, 6.07) is 10.4. The van der Waals surface area contributed by atoms with Gasteiger partial charge in [0.2, 0.25) is 0 Å². The SMILES string of the molecule is CN1CCC(Oc2cc(NS(=O)(=O)c3ccc(Oc4cccc(C(F)(F)F)c4Cl)cc3)ccc2C(F)(F)F)C1. The van der Waals surface area contributed by atoms with Crippen molar-refractivity contribution in [2.45, 2.75) is 29.8 Å². The van der Waals surface area contributed by atoms with Gasteiger partial charge in [-0.1, -0.05) is 17.7 Å². The molecule has 1 unspecified atom stereocenters. The lowest BCUT2D eigenvalue weighted by Crippen LogP contribution is -2.23. The monoisotopic (exact) mass is 594 g/mol. The van der Waals surface area contributed by atoms with E-state index in [1.807, 2.05) is 11.9 Å². The highest BCUT2D eigenvalue weighted by Crippen LogP contribution is 2.41. The first-order valence-corrected chi connectivity index (χ1v) is 13.2. The Morgan fingerprint density at radius 2 is 1.59 bits per heavy atom. The van der Waals surface area contributed by atoms with Crippen molar-refractivity contribution in [2.24, 2.45) is 0 Å². The van der Waals surface area contributed by atoms with E-state index in [-0.39, 0.29) is 22.1 Å². The molecule has 0 bridgehead atoms. The lowest BCUT2D eigenvalue weighted by molar-refractivity contribution is -0.139. The van der Waals surface area contributed by atoms with Crippen molar-refractivity contribution in [1.29, 1.82) is 0 Å². The van der Waals surface area contributed by atoms with Gasteiger partial charge in [0.15, 0.2) is 0 Å². The summed E-state index contributed by atoms with van der Waals surface area (Å²) in [5.41, 5.74) is -2.28. The second-order valence-electron chi connectivity index (χ2n) is 8.79. The van der Waals surface area contributed by atoms with E-state index in [1.165, 1.54) is 18.2 Å². The van der Waals surface area contributed by atoms with Crippen LogP contribution in [-0.4, -0.2) is 39.6 Å². The normalized spacial score (nSPS) is 16.8. The quantitative estimate of drug-likeness (QED) is 0.297. The van der Waals surface area contributed by atoms with E-state index in [0.717, 1.165) is 42.5 Å². The summed E-state index contributed by atoms with van der Waals surface area (Å²) in [6.07, 6.45) is -9.38. The Hall–Kier alpha value is -3.16. The molecule has 0 spiro atoms. The second kappa shape index (κ2) is 10.8. The van der Waals surface area contributed by atoms with E-state index < -0.39 is 50.4 Å². The summed E-state index contributed by atoms with van der Waals surface area (Å²) in [5.74, 6) is -0.780. The molecule has 3 aromatic carbocycles. The lowest BCUT2D eigenvalue weighted by atomic mass is 10.1. The minimum Gasteiger partial charge on any atom is -0.488 e. The van der Waals surface area contributed by atoms with Gasteiger partial charge >= 0.3 is 12.4 Å². The fourth-order valence-electron chi connectivity index (χ4n) is 3.92. The van der Waals surface area contributed by atoms with Crippen molar-refractivity contribution < 1.29 is 44.2 Å². The van der Waals surface area contributed by atoms with Gasteiger partial charge < -0.3 is 14.4 Å². The van der Waals surface area contributed by atoms with E-state index in [4.69, 9.17) is 21.1 Å². The highest BCUT2D eigenvalue weighted by molar-refractivity contribution is 7.92. The zero-order chi connectivity index (χ0) is 28.6. The molecule has 1 fully saturated rings. The molecule has 1 saturated heterocycles. The number of ether oxygens (including phenoxy) is 2. The molecule has 0 radical (unpaired) electrons. The van der Waals surface area contributed by atoms with E-state index in [0.29, 0.717) is 19.5 Å². The van der Waals surface area contributed by atoms with Gasteiger partial charge in [-0.3, -0.25) is 4.72 Å². The third-order valence-electron chi connectivity index (χ3n) is 5.81. The zero-order valence-corrected chi connectivity index (χ0v) is 21.7. The predicted octanol–water partition coefficient (Wildman–Crippen LogP) is 7.05. The molecule has 1 heterocycles. The smallest absolute Gasteiger partial charge is 0.419 e. The first-order valence-electron chi connectivity index (χ1n) is 11.4. The molecule has 1 atom stereocenters. The van der Waals surface area contributed by atoms with E-state index in [1.54, 1.807) is 0 Å². The number of hydrogen-bond acceptors (Lipinski definition) is 5. The number of rotatable bonds is 7. The first kappa shape index (κ1) is 28.8. The number of anilines is 1. The van der Waals surface area contributed by atoms with Crippen LogP contribution in [-0.2, 0) is 22.4 Å². The zero-order valence-electron chi connectivity index (χ0n) is 20.1. The van der Waals surface area contributed by atoms with Gasteiger partial charge in [-0.15, -0.1) is 0 Å². The van der Waals surface area contributed by atoms with Crippen molar-refractivity contribution in [3.63, 3.8) is 0 Å². The highest BCUT2D eigenvalue weighted by atomic mass is 35.5. The van der Waals surface area contributed by atoms with Crippen LogP contribution in [0.5, 0.6) is 17.2 Å². The van der Waals surface area contributed by atoms with Crippen LogP contribution in [0.2, 0.25) is 5.02 Å². The Morgan fingerprint density at radius 1 is 0.923 bits per heavy atom. The van der Waals surface area contributed by atoms with Crippen molar-refractivity contribution in [3.05, 3.63) is 76.8 Å². The molecule has 6 nitrogen and oxygen atoms in total. The Labute approximate surface area is 225 Å². The van der Waals surface area contributed by atoms with E-state index in [2.05, 4.69) is 4.72 Å². The van der Waals surface area contributed by atoms with Gasteiger partial charge in [0.1, 0.15) is 23.4 Å². The molecule has 0 aromatic heterocycles. The minimum absolute atomic E-state index is 0.00178. The fraction of sp³-hybridized carbons (Fsp3) is 0.280. The van der Waals surface area contributed by atoms with Crippen LogP contribution in [0, 0.1) is 0 Å². The number of alkyl halides is 6. The largest absolute Gasteiger partial charge is 0.488 e. The molecule has 1 aliphatic rings. The molecule has 210 valence electrons. The van der Waals surface area contributed by atoms with Gasteiger partial charge in [-0.05, 0) is 62.0 Å². The molecule has 3 aromatic rings. The second-order valence-corrected chi connectivity index (χ2v) is 10.9. The highest BCUT2D eigenvalue weighted by Gasteiger charge is 2.36. The van der Waals surface area contributed by atoms with Gasteiger partial charge in [-0.2, -0.15) is 26.3 Å². The van der Waals surface area contributed by atoms with Crippen LogP contribution < -0.4 is 14.2 Å². The third-order valence-corrected chi connectivity index (χ3v) is 7.60.